The van der Waals surface area contributed by atoms with Crippen molar-refractivity contribution in [1.82, 2.24) is 4.72 Å². The smallest absolute Gasteiger partial charge is 0.241 e. The van der Waals surface area contributed by atoms with Gasteiger partial charge in [0.1, 0.15) is 0 Å². The largest absolute Gasteiger partial charge is 0.375 e. The molecule has 0 bridgehead atoms. The minimum Gasteiger partial charge on any atom is -0.375 e. The normalized spacial score (nSPS) is 11.7. The van der Waals surface area contributed by atoms with Gasteiger partial charge in [-0.2, -0.15) is 0 Å². The van der Waals surface area contributed by atoms with E-state index in [4.69, 9.17) is 16.3 Å². The van der Waals surface area contributed by atoms with E-state index in [1.165, 1.54) is 0 Å². The summed E-state index contributed by atoms with van der Waals surface area (Å²) in [4.78, 5) is 0.281. The third kappa shape index (κ3) is 4.58. The number of fused-ring (bicyclic) bond motifs is 1. The second-order valence-electron chi connectivity index (χ2n) is 5.55. The molecule has 0 aromatic heterocycles. The molecular formula is C19H18ClNO3S. The topological polar surface area (TPSA) is 55.4 Å². The first-order valence-electron chi connectivity index (χ1n) is 7.86. The molecule has 0 fully saturated rings. The molecule has 0 amide bonds. The Balaban J connectivity index is 1.57. The molecule has 6 heteroatoms. The van der Waals surface area contributed by atoms with Crippen LogP contribution < -0.4 is 4.72 Å². The summed E-state index contributed by atoms with van der Waals surface area (Å²) in [7, 11) is -3.59. The van der Waals surface area contributed by atoms with Gasteiger partial charge in [-0.05, 0) is 29.1 Å². The maximum atomic E-state index is 12.5. The van der Waals surface area contributed by atoms with Gasteiger partial charge in [0.25, 0.3) is 0 Å². The maximum Gasteiger partial charge on any atom is 0.241 e. The van der Waals surface area contributed by atoms with E-state index in [2.05, 4.69) is 4.72 Å². The number of ether oxygens (including phenoxy) is 1. The second kappa shape index (κ2) is 7.97. The van der Waals surface area contributed by atoms with Crippen LogP contribution in [0.25, 0.3) is 10.8 Å². The zero-order valence-electron chi connectivity index (χ0n) is 13.5. The summed E-state index contributed by atoms with van der Waals surface area (Å²) >= 11 is 5.83. The molecule has 3 aromatic rings. The number of nitrogens with one attached hydrogen (secondary N) is 1. The van der Waals surface area contributed by atoms with Crippen LogP contribution in [0.3, 0.4) is 0 Å². The highest BCUT2D eigenvalue weighted by Crippen LogP contribution is 2.22. The third-order valence-electron chi connectivity index (χ3n) is 3.76. The molecule has 0 aliphatic rings. The van der Waals surface area contributed by atoms with E-state index >= 15 is 0 Å². The van der Waals surface area contributed by atoms with Gasteiger partial charge in [-0.25, -0.2) is 13.1 Å². The Labute approximate surface area is 152 Å². The molecule has 0 atom stereocenters. The lowest BCUT2D eigenvalue weighted by Crippen LogP contribution is -2.27. The van der Waals surface area contributed by atoms with Crippen molar-refractivity contribution < 1.29 is 13.2 Å². The Kier molecular flexibility index (Phi) is 5.71. The van der Waals surface area contributed by atoms with E-state index in [-0.39, 0.29) is 18.0 Å². The zero-order chi connectivity index (χ0) is 17.7. The molecule has 0 aliphatic heterocycles. The molecule has 25 heavy (non-hydrogen) atoms. The second-order valence-corrected chi connectivity index (χ2v) is 7.73. The number of hydrogen-bond acceptors (Lipinski definition) is 3. The molecule has 0 unspecified atom stereocenters. The molecule has 1 N–H and O–H groups in total. The van der Waals surface area contributed by atoms with Crippen LogP contribution in [-0.2, 0) is 21.4 Å². The average Bonchev–Trinajstić information content (AvgIpc) is 2.62. The third-order valence-corrected chi connectivity index (χ3v) is 5.53. The predicted octanol–water partition coefficient (Wildman–Crippen LogP) is 3.99. The highest BCUT2D eigenvalue weighted by molar-refractivity contribution is 7.89. The van der Waals surface area contributed by atoms with E-state index in [1.54, 1.807) is 30.3 Å². The first kappa shape index (κ1) is 17.9. The highest BCUT2D eigenvalue weighted by Gasteiger charge is 2.16. The SMILES string of the molecule is O=S(=O)(NCCOCc1ccc(Cl)cc1)c1cccc2ccccc12. The first-order chi connectivity index (χ1) is 12.1. The van der Waals surface area contributed by atoms with Crippen LogP contribution in [-0.4, -0.2) is 21.6 Å². The summed E-state index contributed by atoms with van der Waals surface area (Å²) in [6, 6.07) is 20.0. The van der Waals surface area contributed by atoms with Gasteiger partial charge in [-0.3, -0.25) is 0 Å². The molecule has 130 valence electrons. The van der Waals surface area contributed by atoms with Crippen LogP contribution >= 0.6 is 11.6 Å². The van der Waals surface area contributed by atoms with Crippen molar-refractivity contribution >= 4 is 32.4 Å². The van der Waals surface area contributed by atoms with Crippen molar-refractivity contribution in [2.24, 2.45) is 0 Å². The van der Waals surface area contributed by atoms with E-state index in [0.717, 1.165) is 10.9 Å². The number of benzene rings is 3. The van der Waals surface area contributed by atoms with Gasteiger partial charge in [0.05, 0.1) is 18.1 Å². The van der Waals surface area contributed by atoms with Crippen LogP contribution in [0.1, 0.15) is 5.56 Å². The van der Waals surface area contributed by atoms with Crippen molar-refractivity contribution in [2.45, 2.75) is 11.5 Å². The lowest BCUT2D eigenvalue weighted by atomic mass is 10.1. The Morgan fingerprint density at radius 1 is 0.920 bits per heavy atom. The van der Waals surface area contributed by atoms with Crippen molar-refractivity contribution in [3.8, 4) is 0 Å². The minimum absolute atomic E-state index is 0.207. The molecule has 0 saturated carbocycles. The molecule has 0 heterocycles. The van der Waals surface area contributed by atoms with E-state index in [1.807, 2.05) is 36.4 Å². The summed E-state index contributed by atoms with van der Waals surface area (Å²) in [5.74, 6) is 0. The molecule has 0 saturated heterocycles. The molecule has 0 spiro atoms. The van der Waals surface area contributed by atoms with Gasteiger partial charge >= 0.3 is 0 Å². The minimum atomic E-state index is -3.59. The van der Waals surface area contributed by atoms with Gasteiger partial charge in [-0.1, -0.05) is 60.1 Å². The van der Waals surface area contributed by atoms with E-state index in [0.29, 0.717) is 17.0 Å². The predicted molar refractivity (Wildman–Crippen MR) is 100 cm³/mol. The molecule has 0 aliphatic carbocycles. The van der Waals surface area contributed by atoms with Gasteiger partial charge < -0.3 is 4.74 Å². The Hall–Kier alpha value is -1.92. The fourth-order valence-electron chi connectivity index (χ4n) is 2.53. The molecule has 4 nitrogen and oxygen atoms in total. The Bertz CT molecular complexity index is 951. The molecule has 3 aromatic carbocycles. The maximum absolute atomic E-state index is 12.5. The van der Waals surface area contributed by atoms with Crippen LogP contribution in [0.2, 0.25) is 5.02 Å². The molecule has 3 rings (SSSR count). The lowest BCUT2D eigenvalue weighted by Gasteiger charge is -2.10. The highest BCUT2D eigenvalue weighted by atomic mass is 35.5. The van der Waals surface area contributed by atoms with Crippen LogP contribution in [0.15, 0.2) is 71.6 Å². The number of hydrogen-bond donors (Lipinski definition) is 1. The summed E-state index contributed by atoms with van der Waals surface area (Å²) < 4.78 is 33.2. The van der Waals surface area contributed by atoms with Crippen LogP contribution in [0.5, 0.6) is 0 Å². The fraction of sp³-hybridized carbons (Fsp3) is 0.158. The number of rotatable bonds is 7. The van der Waals surface area contributed by atoms with Crippen molar-refractivity contribution in [2.75, 3.05) is 13.2 Å². The molecular weight excluding hydrogens is 358 g/mol. The summed E-state index contributed by atoms with van der Waals surface area (Å²) in [5, 5.41) is 2.27. The Morgan fingerprint density at radius 2 is 1.64 bits per heavy atom. The van der Waals surface area contributed by atoms with Crippen LogP contribution in [0, 0.1) is 0 Å². The lowest BCUT2D eigenvalue weighted by molar-refractivity contribution is 0.126. The quantitative estimate of drug-likeness (QED) is 0.635. The van der Waals surface area contributed by atoms with Gasteiger partial charge in [0, 0.05) is 17.0 Å². The van der Waals surface area contributed by atoms with Crippen LogP contribution in [0.4, 0.5) is 0 Å². The summed E-state index contributed by atoms with van der Waals surface area (Å²) in [5.41, 5.74) is 0.987. The van der Waals surface area contributed by atoms with E-state index in [9.17, 15) is 8.42 Å². The standard InChI is InChI=1S/C19H18ClNO3S/c20-17-10-8-15(9-11-17)14-24-13-12-21-25(22,23)19-7-3-5-16-4-1-2-6-18(16)19/h1-11,21H,12-14H2. The van der Waals surface area contributed by atoms with Crippen molar-refractivity contribution in [1.29, 1.82) is 0 Å². The van der Waals surface area contributed by atoms with Crippen molar-refractivity contribution in [3.05, 3.63) is 77.3 Å². The van der Waals surface area contributed by atoms with E-state index < -0.39 is 10.0 Å². The van der Waals surface area contributed by atoms with Gasteiger partial charge in [-0.15, -0.1) is 0 Å². The van der Waals surface area contributed by atoms with Crippen molar-refractivity contribution in [3.63, 3.8) is 0 Å². The van der Waals surface area contributed by atoms with Gasteiger partial charge in [0.2, 0.25) is 10.0 Å². The average molecular weight is 376 g/mol. The Morgan fingerprint density at radius 3 is 2.44 bits per heavy atom. The number of sulfonamides is 1. The fourth-order valence-corrected chi connectivity index (χ4v) is 3.89. The summed E-state index contributed by atoms with van der Waals surface area (Å²) in [6.07, 6.45) is 0. The van der Waals surface area contributed by atoms with Gasteiger partial charge in [0.15, 0.2) is 0 Å². The first-order valence-corrected chi connectivity index (χ1v) is 9.72. The number of halogens is 1. The summed E-state index contributed by atoms with van der Waals surface area (Å²) in [6.45, 7) is 0.902. The monoisotopic (exact) mass is 375 g/mol. The molecule has 0 radical (unpaired) electrons. The zero-order valence-corrected chi connectivity index (χ0v) is 15.1.